The third-order valence-corrected chi connectivity index (χ3v) is 5.15. The lowest BCUT2D eigenvalue weighted by Crippen LogP contribution is -1.99. The van der Waals surface area contributed by atoms with Crippen LogP contribution in [0.5, 0.6) is 0 Å². The second-order valence-corrected chi connectivity index (χ2v) is 7.73. The van der Waals surface area contributed by atoms with Gasteiger partial charge < -0.3 is 9.88 Å². The van der Waals surface area contributed by atoms with Crippen LogP contribution in [0.2, 0.25) is 0 Å². The summed E-state index contributed by atoms with van der Waals surface area (Å²) in [6.45, 7) is 1.83. The van der Waals surface area contributed by atoms with Crippen LogP contribution in [0.3, 0.4) is 0 Å². The normalized spacial score (nSPS) is 11.9. The molecule has 5 aromatic rings. The van der Waals surface area contributed by atoms with Crippen molar-refractivity contribution in [3.8, 4) is 5.69 Å². The van der Waals surface area contributed by atoms with Gasteiger partial charge in [0, 0.05) is 38.8 Å². The molecule has 0 saturated carbocycles. The summed E-state index contributed by atoms with van der Waals surface area (Å²) in [4.78, 5) is 0. The van der Waals surface area contributed by atoms with Gasteiger partial charge in [-0.2, -0.15) is 0 Å². The molecule has 0 aliphatic rings. The Morgan fingerprint density at radius 1 is 0.900 bits per heavy atom. The molecule has 146 valence electrons. The minimum Gasteiger partial charge on any atom is -0.338 e. The lowest BCUT2D eigenvalue weighted by Gasteiger charge is -2.11. The zero-order chi connectivity index (χ0) is 20.5. The first-order valence-electron chi connectivity index (χ1n) is 9.72. The van der Waals surface area contributed by atoms with Gasteiger partial charge in [0.2, 0.25) is 0 Å². The highest BCUT2D eigenvalue weighted by Crippen LogP contribution is 2.29. The van der Waals surface area contributed by atoms with E-state index in [1.165, 1.54) is 0 Å². The number of allylic oxidation sites excluding steroid dienone is 1. The molecule has 0 amide bonds. The molecule has 0 fully saturated rings. The number of hydrogen-bond donors (Lipinski definition) is 1. The summed E-state index contributed by atoms with van der Waals surface area (Å²) < 4.78 is 2.18. The minimum atomic E-state index is 0.670. The van der Waals surface area contributed by atoms with Crippen LogP contribution >= 0.6 is 11.6 Å². The van der Waals surface area contributed by atoms with Crippen molar-refractivity contribution in [2.75, 3.05) is 5.32 Å². The maximum atomic E-state index is 6.06. The Hall–Kier alpha value is -3.63. The summed E-state index contributed by atoms with van der Waals surface area (Å²) in [5.41, 5.74) is 4.02. The molecule has 30 heavy (non-hydrogen) atoms. The number of rotatable bonds is 4. The molecule has 0 unspecified atom stereocenters. The first-order chi connectivity index (χ1) is 14.7. The van der Waals surface area contributed by atoms with Gasteiger partial charge in [-0.15, -0.1) is 10.2 Å². The fraction of sp³-hybridized carbons (Fsp3) is 0.0400. The molecule has 0 radical (unpaired) electrons. The molecule has 0 atom stereocenters. The predicted octanol–water partition coefficient (Wildman–Crippen LogP) is 6.92. The van der Waals surface area contributed by atoms with Crippen molar-refractivity contribution in [1.82, 2.24) is 14.8 Å². The van der Waals surface area contributed by atoms with Crippen LogP contribution in [-0.2, 0) is 0 Å². The van der Waals surface area contributed by atoms with Crippen LogP contribution in [0.4, 0.5) is 11.5 Å². The summed E-state index contributed by atoms with van der Waals surface area (Å²) in [6, 6.07) is 26.8. The number of benzene rings is 3. The molecule has 1 N–H and O–H groups in total. The Balaban J connectivity index is 1.53. The Labute approximate surface area is 179 Å². The van der Waals surface area contributed by atoms with E-state index in [4.69, 9.17) is 11.6 Å². The maximum Gasteiger partial charge on any atom is 0.161 e. The second-order valence-electron chi connectivity index (χ2n) is 7.13. The zero-order valence-electron chi connectivity index (χ0n) is 16.4. The van der Waals surface area contributed by atoms with E-state index in [2.05, 4.69) is 62.7 Å². The van der Waals surface area contributed by atoms with Crippen LogP contribution in [-0.4, -0.2) is 14.8 Å². The number of para-hydroxylation sites is 1. The van der Waals surface area contributed by atoms with Gasteiger partial charge in [-0.1, -0.05) is 54.1 Å². The van der Waals surface area contributed by atoms with Crippen LogP contribution < -0.4 is 5.32 Å². The highest BCUT2D eigenvalue weighted by atomic mass is 35.5. The Kier molecular flexibility index (Phi) is 4.69. The topological polar surface area (TPSA) is 42.7 Å². The van der Waals surface area contributed by atoms with E-state index in [-0.39, 0.29) is 0 Å². The van der Waals surface area contributed by atoms with E-state index in [0.717, 1.165) is 44.6 Å². The second kappa shape index (κ2) is 7.65. The van der Waals surface area contributed by atoms with Gasteiger partial charge in [-0.05, 0) is 49.4 Å². The third-order valence-electron chi connectivity index (χ3n) is 5.04. The lowest BCUT2D eigenvalue weighted by molar-refractivity contribution is 1.04. The number of hydrogen-bond acceptors (Lipinski definition) is 3. The third kappa shape index (κ3) is 3.42. The van der Waals surface area contributed by atoms with Crippen molar-refractivity contribution in [2.45, 2.75) is 6.92 Å². The summed E-state index contributed by atoms with van der Waals surface area (Å²) in [5.74, 6) is 0.719. The summed E-state index contributed by atoms with van der Waals surface area (Å²) in [7, 11) is 0. The van der Waals surface area contributed by atoms with Crippen molar-refractivity contribution in [3.63, 3.8) is 0 Å². The van der Waals surface area contributed by atoms with Gasteiger partial charge in [0.05, 0.1) is 11.2 Å². The highest BCUT2D eigenvalue weighted by molar-refractivity contribution is 6.31. The van der Waals surface area contributed by atoms with Gasteiger partial charge in [0.1, 0.15) is 0 Å². The quantitative estimate of drug-likeness (QED) is 0.349. The molecule has 0 aliphatic heterocycles. The van der Waals surface area contributed by atoms with E-state index in [0.29, 0.717) is 5.03 Å². The number of aromatic nitrogens is 3. The van der Waals surface area contributed by atoms with Crippen molar-refractivity contribution in [3.05, 3.63) is 95.8 Å². The van der Waals surface area contributed by atoms with Gasteiger partial charge >= 0.3 is 0 Å². The fourth-order valence-electron chi connectivity index (χ4n) is 3.68. The maximum absolute atomic E-state index is 6.06. The van der Waals surface area contributed by atoms with E-state index >= 15 is 0 Å². The molecule has 2 aromatic heterocycles. The van der Waals surface area contributed by atoms with Crippen molar-refractivity contribution in [1.29, 1.82) is 0 Å². The monoisotopic (exact) mass is 410 g/mol. The van der Waals surface area contributed by atoms with Crippen LogP contribution in [0.1, 0.15) is 12.6 Å². The molecular formula is C25H19ClN4. The molecular weight excluding hydrogens is 392 g/mol. The van der Waals surface area contributed by atoms with Gasteiger partial charge in [0.25, 0.3) is 0 Å². The van der Waals surface area contributed by atoms with Gasteiger partial charge in [0.15, 0.2) is 5.82 Å². The number of anilines is 2. The predicted molar refractivity (Wildman–Crippen MR) is 126 cm³/mol. The SMILES string of the molecule is C/C(Cl)=C/c1nnc(Nc2ccc3c(ccn3-c3ccccc3)c2)c2ccccc12. The molecule has 0 saturated heterocycles. The standard InChI is InChI=1S/C25H19ClN4/c1-17(26)15-23-21-9-5-6-10-22(21)25(29-28-23)27-19-11-12-24-18(16-19)13-14-30(24)20-7-3-2-4-8-20/h2-16H,1H3,(H,27,29)/b17-15-. The summed E-state index contributed by atoms with van der Waals surface area (Å²) >= 11 is 6.06. The zero-order valence-corrected chi connectivity index (χ0v) is 17.1. The van der Waals surface area contributed by atoms with Gasteiger partial charge in [-0.25, -0.2) is 0 Å². The Bertz CT molecular complexity index is 1380. The molecule has 3 aromatic carbocycles. The van der Waals surface area contributed by atoms with Crippen LogP contribution in [0, 0.1) is 0 Å². The molecule has 0 spiro atoms. The Morgan fingerprint density at radius 2 is 1.67 bits per heavy atom. The lowest BCUT2D eigenvalue weighted by atomic mass is 10.1. The molecule has 0 bridgehead atoms. The summed E-state index contributed by atoms with van der Waals surface area (Å²) in [6.07, 6.45) is 3.92. The minimum absolute atomic E-state index is 0.670. The van der Waals surface area contributed by atoms with Crippen LogP contribution in [0.15, 0.2) is 90.1 Å². The van der Waals surface area contributed by atoms with E-state index in [9.17, 15) is 0 Å². The highest BCUT2D eigenvalue weighted by Gasteiger charge is 2.09. The van der Waals surface area contributed by atoms with E-state index in [1.807, 2.05) is 55.5 Å². The first-order valence-corrected chi connectivity index (χ1v) is 10.1. The van der Waals surface area contributed by atoms with Crippen LogP contribution in [0.25, 0.3) is 33.4 Å². The largest absolute Gasteiger partial charge is 0.338 e. The van der Waals surface area contributed by atoms with E-state index in [1.54, 1.807) is 0 Å². The number of fused-ring (bicyclic) bond motifs is 2. The fourth-order valence-corrected chi connectivity index (χ4v) is 3.79. The van der Waals surface area contributed by atoms with Crippen molar-refractivity contribution < 1.29 is 0 Å². The van der Waals surface area contributed by atoms with Crippen molar-refractivity contribution in [2.24, 2.45) is 0 Å². The molecule has 0 aliphatic carbocycles. The average Bonchev–Trinajstić information content (AvgIpc) is 3.19. The first kappa shape index (κ1) is 18.4. The van der Waals surface area contributed by atoms with E-state index < -0.39 is 0 Å². The number of nitrogens with zero attached hydrogens (tertiary/aromatic N) is 3. The van der Waals surface area contributed by atoms with Gasteiger partial charge in [-0.3, -0.25) is 0 Å². The van der Waals surface area contributed by atoms with Crippen molar-refractivity contribution >= 4 is 50.9 Å². The summed E-state index contributed by atoms with van der Waals surface area (Å²) in [5, 5.41) is 16.0. The average molecular weight is 411 g/mol. The number of nitrogens with one attached hydrogen (secondary N) is 1. The Morgan fingerprint density at radius 3 is 2.47 bits per heavy atom. The molecule has 5 heteroatoms. The molecule has 4 nitrogen and oxygen atoms in total. The smallest absolute Gasteiger partial charge is 0.161 e. The molecule has 2 heterocycles. The number of halogens is 1. The molecule has 5 rings (SSSR count).